The molecule has 2 rings (SSSR count). The molecule has 130 valence electrons. The van der Waals surface area contributed by atoms with Crippen molar-refractivity contribution in [3.8, 4) is 5.75 Å². The molecular weight excluding hydrogens is 322 g/mol. The van der Waals surface area contributed by atoms with Crippen molar-refractivity contribution in [3.63, 3.8) is 0 Å². The van der Waals surface area contributed by atoms with Gasteiger partial charge in [-0.2, -0.15) is 0 Å². The van der Waals surface area contributed by atoms with Gasteiger partial charge in [0, 0.05) is 6.54 Å². The first-order valence-electron chi connectivity index (χ1n) is 8.14. The van der Waals surface area contributed by atoms with Gasteiger partial charge in [0.05, 0.1) is 17.7 Å². The lowest BCUT2D eigenvalue weighted by Gasteiger charge is -2.26. The van der Waals surface area contributed by atoms with Crippen molar-refractivity contribution in [2.75, 3.05) is 18.0 Å². The number of ether oxygens (including phenoxy) is 1. The van der Waals surface area contributed by atoms with E-state index in [2.05, 4.69) is 6.92 Å². The molecule has 0 amide bonds. The number of aryl methyl sites for hydroxylation is 1. The standard InChI is InChI=1S/C19H25NO3S/c1-5-16-6-8-17(9-7-16)20(14-15(2)3)24(21,22)19-12-10-18(23-4)11-13-19/h6-13,15H,5,14H2,1-4H3. The lowest BCUT2D eigenvalue weighted by molar-refractivity contribution is 0.414. The van der Waals surface area contributed by atoms with E-state index >= 15 is 0 Å². The van der Waals surface area contributed by atoms with Crippen molar-refractivity contribution < 1.29 is 13.2 Å². The smallest absolute Gasteiger partial charge is 0.264 e. The molecule has 0 spiro atoms. The normalized spacial score (nSPS) is 11.5. The van der Waals surface area contributed by atoms with E-state index in [0.717, 1.165) is 6.42 Å². The molecule has 0 saturated carbocycles. The van der Waals surface area contributed by atoms with E-state index in [4.69, 9.17) is 4.74 Å². The molecule has 24 heavy (non-hydrogen) atoms. The van der Waals surface area contributed by atoms with E-state index in [1.54, 1.807) is 31.4 Å². The second-order valence-electron chi connectivity index (χ2n) is 6.13. The molecule has 0 fully saturated rings. The molecule has 0 aliphatic heterocycles. The first-order chi connectivity index (χ1) is 11.4. The zero-order chi connectivity index (χ0) is 17.7. The van der Waals surface area contributed by atoms with Crippen LogP contribution >= 0.6 is 0 Å². The summed E-state index contributed by atoms with van der Waals surface area (Å²) in [7, 11) is -2.06. The Balaban J connectivity index is 2.44. The number of sulfonamides is 1. The summed E-state index contributed by atoms with van der Waals surface area (Å²) in [5.41, 5.74) is 1.88. The minimum absolute atomic E-state index is 0.212. The zero-order valence-corrected chi connectivity index (χ0v) is 15.5. The van der Waals surface area contributed by atoms with E-state index in [1.165, 1.54) is 9.87 Å². The molecule has 0 unspecified atom stereocenters. The third-order valence-corrected chi connectivity index (χ3v) is 5.62. The Morgan fingerprint density at radius 3 is 2.04 bits per heavy atom. The molecule has 0 radical (unpaired) electrons. The summed E-state index contributed by atoms with van der Waals surface area (Å²) < 4.78 is 32.8. The van der Waals surface area contributed by atoms with Crippen molar-refractivity contribution in [1.29, 1.82) is 0 Å². The van der Waals surface area contributed by atoms with Gasteiger partial charge in [-0.25, -0.2) is 8.42 Å². The minimum atomic E-state index is -3.62. The van der Waals surface area contributed by atoms with Crippen molar-refractivity contribution in [2.24, 2.45) is 5.92 Å². The van der Waals surface area contributed by atoms with Gasteiger partial charge < -0.3 is 4.74 Å². The van der Waals surface area contributed by atoms with Gasteiger partial charge in [-0.15, -0.1) is 0 Å². The van der Waals surface area contributed by atoms with Crippen LogP contribution in [0.25, 0.3) is 0 Å². The maximum Gasteiger partial charge on any atom is 0.264 e. The predicted octanol–water partition coefficient (Wildman–Crippen LogP) is 4.11. The van der Waals surface area contributed by atoms with E-state index in [0.29, 0.717) is 18.0 Å². The van der Waals surface area contributed by atoms with Crippen LogP contribution < -0.4 is 9.04 Å². The summed E-state index contributed by atoms with van der Waals surface area (Å²) in [6.07, 6.45) is 0.926. The molecule has 2 aromatic carbocycles. The van der Waals surface area contributed by atoms with Crippen molar-refractivity contribution in [3.05, 3.63) is 54.1 Å². The maximum absolute atomic E-state index is 13.1. The number of rotatable bonds is 7. The third kappa shape index (κ3) is 4.09. The summed E-state index contributed by atoms with van der Waals surface area (Å²) >= 11 is 0. The van der Waals surface area contributed by atoms with Gasteiger partial charge in [0.1, 0.15) is 5.75 Å². The first-order valence-corrected chi connectivity index (χ1v) is 9.58. The maximum atomic E-state index is 13.1. The molecule has 0 N–H and O–H groups in total. The SMILES string of the molecule is CCc1ccc(N(CC(C)C)S(=O)(=O)c2ccc(OC)cc2)cc1. The number of hydrogen-bond donors (Lipinski definition) is 0. The molecule has 0 heterocycles. The van der Waals surface area contributed by atoms with Crippen LogP contribution in [0.5, 0.6) is 5.75 Å². The van der Waals surface area contributed by atoms with Crippen LogP contribution in [0.4, 0.5) is 5.69 Å². The largest absolute Gasteiger partial charge is 0.497 e. The van der Waals surface area contributed by atoms with Gasteiger partial charge in [0.25, 0.3) is 10.0 Å². The fourth-order valence-electron chi connectivity index (χ4n) is 2.45. The Morgan fingerprint density at radius 1 is 1.00 bits per heavy atom. The van der Waals surface area contributed by atoms with Gasteiger partial charge in [0.2, 0.25) is 0 Å². The van der Waals surface area contributed by atoms with Gasteiger partial charge in [-0.3, -0.25) is 4.31 Å². The van der Waals surface area contributed by atoms with E-state index in [-0.39, 0.29) is 10.8 Å². The zero-order valence-electron chi connectivity index (χ0n) is 14.7. The summed E-state index contributed by atoms with van der Waals surface area (Å²) in [4.78, 5) is 0.267. The third-order valence-electron chi connectivity index (χ3n) is 3.81. The summed E-state index contributed by atoms with van der Waals surface area (Å²) in [5, 5.41) is 0. The fourth-order valence-corrected chi connectivity index (χ4v) is 4.07. The number of anilines is 1. The molecule has 2 aromatic rings. The monoisotopic (exact) mass is 347 g/mol. The highest BCUT2D eigenvalue weighted by Gasteiger charge is 2.25. The second kappa shape index (κ2) is 7.71. The molecule has 0 bridgehead atoms. The van der Waals surface area contributed by atoms with Gasteiger partial charge in [-0.05, 0) is 54.3 Å². The van der Waals surface area contributed by atoms with E-state index in [1.807, 2.05) is 38.1 Å². The molecule has 0 atom stereocenters. The second-order valence-corrected chi connectivity index (χ2v) is 7.99. The molecule has 0 aliphatic carbocycles. The topological polar surface area (TPSA) is 46.6 Å². The quantitative estimate of drug-likeness (QED) is 0.757. The minimum Gasteiger partial charge on any atom is -0.497 e. The summed E-state index contributed by atoms with van der Waals surface area (Å²) in [6.45, 7) is 6.53. The average molecular weight is 347 g/mol. The van der Waals surface area contributed by atoms with Crippen molar-refractivity contribution >= 4 is 15.7 Å². The highest BCUT2D eigenvalue weighted by molar-refractivity contribution is 7.92. The lowest BCUT2D eigenvalue weighted by atomic mass is 10.1. The van der Waals surface area contributed by atoms with Crippen LogP contribution in [-0.4, -0.2) is 22.1 Å². The van der Waals surface area contributed by atoms with Crippen LogP contribution in [0.15, 0.2) is 53.4 Å². The van der Waals surface area contributed by atoms with Crippen LogP contribution in [-0.2, 0) is 16.4 Å². The number of nitrogens with zero attached hydrogens (tertiary/aromatic N) is 1. The Bertz CT molecular complexity index is 750. The van der Waals surface area contributed by atoms with Gasteiger partial charge in [0.15, 0.2) is 0 Å². The fraction of sp³-hybridized carbons (Fsp3) is 0.368. The molecule has 0 aromatic heterocycles. The van der Waals surface area contributed by atoms with Gasteiger partial charge >= 0.3 is 0 Å². The summed E-state index contributed by atoms with van der Waals surface area (Å²) in [6, 6.07) is 14.2. The van der Waals surface area contributed by atoms with Gasteiger partial charge in [-0.1, -0.05) is 32.9 Å². The molecule has 4 nitrogen and oxygen atoms in total. The molecule has 0 saturated heterocycles. The molecule has 0 aliphatic rings. The van der Waals surface area contributed by atoms with Crippen molar-refractivity contribution in [1.82, 2.24) is 0 Å². The van der Waals surface area contributed by atoms with Crippen LogP contribution in [0.3, 0.4) is 0 Å². The molecular formula is C19H25NO3S. The Labute approximate surface area is 145 Å². The number of hydrogen-bond acceptors (Lipinski definition) is 3. The number of methoxy groups -OCH3 is 1. The summed E-state index contributed by atoms with van der Waals surface area (Å²) in [5.74, 6) is 0.848. The van der Waals surface area contributed by atoms with Crippen LogP contribution in [0.2, 0.25) is 0 Å². The van der Waals surface area contributed by atoms with E-state index < -0.39 is 10.0 Å². The average Bonchev–Trinajstić information content (AvgIpc) is 2.59. The Kier molecular flexibility index (Phi) is 5.89. The molecule has 5 heteroatoms. The van der Waals surface area contributed by atoms with Crippen molar-refractivity contribution in [2.45, 2.75) is 32.1 Å². The lowest BCUT2D eigenvalue weighted by Crippen LogP contribution is -2.34. The van der Waals surface area contributed by atoms with Crippen LogP contribution in [0, 0.1) is 5.92 Å². The Hall–Kier alpha value is -2.01. The number of benzene rings is 2. The predicted molar refractivity (Wildman–Crippen MR) is 98.2 cm³/mol. The van der Waals surface area contributed by atoms with Crippen LogP contribution in [0.1, 0.15) is 26.3 Å². The highest BCUT2D eigenvalue weighted by Crippen LogP contribution is 2.26. The highest BCUT2D eigenvalue weighted by atomic mass is 32.2. The van der Waals surface area contributed by atoms with E-state index in [9.17, 15) is 8.42 Å². The Morgan fingerprint density at radius 2 is 1.58 bits per heavy atom. The first kappa shape index (κ1) is 18.3.